The van der Waals surface area contributed by atoms with E-state index < -0.39 is 17.8 Å². The van der Waals surface area contributed by atoms with Crippen LogP contribution in [0.1, 0.15) is 16.5 Å². The van der Waals surface area contributed by atoms with E-state index in [-0.39, 0.29) is 5.56 Å². The van der Waals surface area contributed by atoms with Gasteiger partial charge in [0.15, 0.2) is 0 Å². The maximum absolute atomic E-state index is 13.9. The number of methoxy groups -OCH3 is 1. The number of nitrogens with one attached hydrogen (secondary N) is 1. The monoisotopic (exact) mass is 313 g/mol. The van der Waals surface area contributed by atoms with Crippen molar-refractivity contribution in [3.8, 4) is 0 Å². The second kappa shape index (κ2) is 6.83. The molecule has 0 aliphatic rings. The van der Waals surface area contributed by atoms with Crippen LogP contribution in [0.3, 0.4) is 0 Å². The smallest absolute Gasteiger partial charge is 0.327 e. The maximum Gasteiger partial charge on any atom is 0.327 e. The molecule has 1 aromatic carbocycles. The van der Waals surface area contributed by atoms with Crippen molar-refractivity contribution in [1.82, 2.24) is 5.32 Å². The summed E-state index contributed by atoms with van der Waals surface area (Å²) in [4.78, 5) is 12.9. The van der Waals surface area contributed by atoms with Crippen LogP contribution >= 0.6 is 22.9 Å². The number of halogens is 2. The molecular formula is C14H13ClFNO2S. The van der Waals surface area contributed by atoms with E-state index in [4.69, 9.17) is 16.3 Å². The first-order valence-electron chi connectivity index (χ1n) is 5.90. The van der Waals surface area contributed by atoms with Gasteiger partial charge in [0.1, 0.15) is 11.9 Å². The highest BCUT2D eigenvalue weighted by Crippen LogP contribution is 2.23. The minimum Gasteiger partial charge on any atom is -0.468 e. The summed E-state index contributed by atoms with van der Waals surface area (Å²) in [6, 6.07) is 7.06. The van der Waals surface area contributed by atoms with Crippen LogP contribution in [0.4, 0.5) is 4.39 Å². The summed E-state index contributed by atoms with van der Waals surface area (Å²) in [5, 5.41) is 5.30. The summed E-state index contributed by atoms with van der Waals surface area (Å²) in [6.07, 6.45) is 0. The Kier molecular flexibility index (Phi) is 5.11. The highest BCUT2D eigenvalue weighted by atomic mass is 35.5. The van der Waals surface area contributed by atoms with Gasteiger partial charge in [0.2, 0.25) is 0 Å². The highest BCUT2D eigenvalue weighted by molar-refractivity contribution is 7.09. The molecule has 0 saturated heterocycles. The summed E-state index contributed by atoms with van der Waals surface area (Å²) >= 11 is 7.42. The molecule has 1 unspecified atom stereocenters. The molecule has 20 heavy (non-hydrogen) atoms. The van der Waals surface area contributed by atoms with E-state index in [9.17, 15) is 9.18 Å². The zero-order chi connectivity index (χ0) is 14.5. The number of benzene rings is 1. The van der Waals surface area contributed by atoms with E-state index >= 15 is 0 Å². The van der Waals surface area contributed by atoms with Crippen LogP contribution in [0.25, 0.3) is 0 Å². The van der Waals surface area contributed by atoms with E-state index in [0.717, 1.165) is 4.88 Å². The number of esters is 1. The van der Waals surface area contributed by atoms with Crippen molar-refractivity contribution in [3.63, 3.8) is 0 Å². The quantitative estimate of drug-likeness (QED) is 0.858. The molecule has 2 rings (SSSR count). The van der Waals surface area contributed by atoms with Gasteiger partial charge in [0.25, 0.3) is 0 Å². The van der Waals surface area contributed by atoms with Gasteiger partial charge in [-0.3, -0.25) is 5.32 Å². The number of rotatable bonds is 5. The van der Waals surface area contributed by atoms with E-state index in [0.29, 0.717) is 11.6 Å². The average molecular weight is 314 g/mol. The fourth-order valence-electron chi connectivity index (χ4n) is 1.79. The first-order valence-corrected chi connectivity index (χ1v) is 7.16. The molecule has 2 aromatic rings. The average Bonchev–Trinajstić information content (AvgIpc) is 2.95. The van der Waals surface area contributed by atoms with Gasteiger partial charge in [-0.2, -0.15) is 0 Å². The van der Waals surface area contributed by atoms with Gasteiger partial charge in [0.05, 0.1) is 7.11 Å². The Morgan fingerprint density at radius 1 is 1.50 bits per heavy atom. The van der Waals surface area contributed by atoms with Crippen molar-refractivity contribution < 1.29 is 13.9 Å². The molecule has 1 atom stereocenters. The van der Waals surface area contributed by atoms with Gasteiger partial charge in [-0.15, -0.1) is 11.3 Å². The van der Waals surface area contributed by atoms with E-state index in [1.54, 1.807) is 11.3 Å². The van der Waals surface area contributed by atoms with Crippen molar-refractivity contribution >= 4 is 28.9 Å². The molecule has 1 aromatic heterocycles. The van der Waals surface area contributed by atoms with Crippen molar-refractivity contribution in [2.45, 2.75) is 12.6 Å². The maximum atomic E-state index is 13.9. The van der Waals surface area contributed by atoms with Crippen LogP contribution < -0.4 is 5.32 Å². The van der Waals surface area contributed by atoms with Gasteiger partial charge in [-0.25, -0.2) is 9.18 Å². The largest absolute Gasteiger partial charge is 0.468 e. The molecule has 0 aliphatic heterocycles. The minimum absolute atomic E-state index is 0.181. The lowest BCUT2D eigenvalue weighted by Crippen LogP contribution is -2.29. The van der Waals surface area contributed by atoms with E-state index in [1.807, 2.05) is 17.5 Å². The van der Waals surface area contributed by atoms with Crippen LogP contribution in [0.15, 0.2) is 35.7 Å². The van der Waals surface area contributed by atoms with E-state index in [2.05, 4.69) is 5.32 Å². The van der Waals surface area contributed by atoms with Crippen LogP contribution in [0.2, 0.25) is 5.02 Å². The lowest BCUT2D eigenvalue weighted by molar-refractivity contribution is -0.143. The Labute approximate surface area is 125 Å². The molecule has 0 saturated carbocycles. The number of carbonyl (C=O) groups excluding carboxylic acids is 1. The molecule has 0 fully saturated rings. The van der Waals surface area contributed by atoms with Crippen molar-refractivity contribution in [3.05, 3.63) is 57.0 Å². The third kappa shape index (κ3) is 3.56. The van der Waals surface area contributed by atoms with Crippen molar-refractivity contribution in [1.29, 1.82) is 0 Å². The molecule has 3 nitrogen and oxygen atoms in total. The molecule has 6 heteroatoms. The molecule has 0 spiro atoms. The minimum atomic E-state index is -0.888. The zero-order valence-corrected chi connectivity index (χ0v) is 12.3. The molecule has 0 radical (unpaired) electrons. The van der Waals surface area contributed by atoms with Gasteiger partial charge in [-0.05, 0) is 29.6 Å². The first-order chi connectivity index (χ1) is 9.61. The lowest BCUT2D eigenvalue weighted by Gasteiger charge is -2.17. The van der Waals surface area contributed by atoms with Gasteiger partial charge in [0, 0.05) is 22.0 Å². The number of hydrogen-bond acceptors (Lipinski definition) is 4. The Balaban J connectivity index is 2.22. The molecular weight excluding hydrogens is 301 g/mol. The SMILES string of the molecule is COC(=O)C(NCc1cccs1)c1cc(Cl)ccc1F. The summed E-state index contributed by atoms with van der Waals surface area (Å²) in [7, 11) is 1.27. The standard InChI is InChI=1S/C14H13ClFNO2S/c1-19-14(18)13(17-8-10-3-2-6-20-10)11-7-9(15)4-5-12(11)16/h2-7,13,17H,8H2,1H3. The Hall–Kier alpha value is -1.43. The highest BCUT2D eigenvalue weighted by Gasteiger charge is 2.24. The van der Waals surface area contributed by atoms with Gasteiger partial charge >= 0.3 is 5.97 Å². The topological polar surface area (TPSA) is 38.3 Å². The number of thiophene rings is 1. The molecule has 0 amide bonds. The fraction of sp³-hybridized carbons (Fsp3) is 0.214. The predicted octanol–water partition coefficient (Wildman–Crippen LogP) is 3.54. The molecule has 0 aliphatic carbocycles. The normalized spacial score (nSPS) is 12.2. The summed E-state index contributed by atoms with van der Waals surface area (Å²) in [6.45, 7) is 0.448. The lowest BCUT2D eigenvalue weighted by atomic mass is 10.1. The number of hydrogen-bond donors (Lipinski definition) is 1. The van der Waals surface area contributed by atoms with Crippen LogP contribution in [0, 0.1) is 5.82 Å². The molecule has 1 heterocycles. The van der Waals surface area contributed by atoms with Crippen LogP contribution in [0.5, 0.6) is 0 Å². The summed E-state index contributed by atoms with van der Waals surface area (Å²) in [5.74, 6) is -1.05. The first kappa shape index (κ1) is 15.0. The summed E-state index contributed by atoms with van der Waals surface area (Å²) < 4.78 is 18.6. The van der Waals surface area contributed by atoms with Crippen LogP contribution in [-0.4, -0.2) is 13.1 Å². The zero-order valence-electron chi connectivity index (χ0n) is 10.7. The fourth-order valence-corrected chi connectivity index (χ4v) is 2.63. The molecule has 106 valence electrons. The molecule has 1 N–H and O–H groups in total. The summed E-state index contributed by atoms with van der Waals surface area (Å²) in [5.41, 5.74) is 0.181. The number of carbonyl (C=O) groups is 1. The third-order valence-electron chi connectivity index (χ3n) is 2.77. The third-order valence-corrected chi connectivity index (χ3v) is 3.88. The Morgan fingerprint density at radius 3 is 2.95 bits per heavy atom. The number of ether oxygens (including phenoxy) is 1. The second-order valence-corrected chi connectivity index (χ2v) is 5.55. The van der Waals surface area contributed by atoms with Crippen LogP contribution in [-0.2, 0) is 16.1 Å². The van der Waals surface area contributed by atoms with Crippen molar-refractivity contribution in [2.75, 3.05) is 7.11 Å². The predicted molar refractivity (Wildman–Crippen MR) is 77.3 cm³/mol. The Bertz CT molecular complexity index is 589. The Morgan fingerprint density at radius 2 is 2.30 bits per heavy atom. The molecule has 0 bridgehead atoms. The van der Waals surface area contributed by atoms with E-state index in [1.165, 1.54) is 25.3 Å². The van der Waals surface area contributed by atoms with Gasteiger partial charge < -0.3 is 4.74 Å². The second-order valence-electron chi connectivity index (χ2n) is 4.08. The van der Waals surface area contributed by atoms with Gasteiger partial charge in [-0.1, -0.05) is 17.7 Å². The van der Waals surface area contributed by atoms with Crippen molar-refractivity contribution in [2.24, 2.45) is 0 Å².